The molecule has 2 heterocycles. The Labute approximate surface area is 176 Å². The lowest BCUT2D eigenvalue weighted by Crippen LogP contribution is -2.04. The third-order valence-electron chi connectivity index (χ3n) is 5.05. The number of nitrogens with zero attached hydrogens (tertiary/aromatic N) is 3. The van der Waals surface area contributed by atoms with Gasteiger partial charge < -0.3 is 15.6 Å². The Hall–Kier alpha value is -3.51. The van der Waals surface area contributed by atoms with Gasteiger partial charge >= 0.3 is 0 Å². The van der Waals surface area contributed by atoms with Gasteiger partial charge in [-0.05, 0) is 24.1 Å². The Morgan fingerprint density at radius 2 is 1.63 bits per heavy atom. The summed E-state index contributed by atoms with van der Waals surface area (Å²) in [5.74, 6) is 1.28. The fourth-order valence-corrected chi connectivity index (χ4v) is 3.28. The summed E-state index contributed by atoms with van der Waals surface area (Å²) in [4.78, 5) is 9.03. The molecular formula is C24H25N5O. The molecule has 2 aromatic carbocycles. The van der Waals surface area contributed by atoms with Crippen LogP contribution in [0.5, 0.6) is 0 Å². The zero-order chi connectivity index (χ0) is 21.1. The van der Waals surface area contributed by atoms with Crippen molar-refractivity contribution in [3.63, 3.8) is 0 Å². The summed E-state index contributed by atoms with van der Waals surface area (Å²) in [6.07, 6.45) is 1.68. The largest absolute Gasteiger partial charge is 0.382 e. The highest BCUT2D eigenvalue weighted by Gasteiger charge is 2.15. The first-order valence-corrected chi connectivity index (χ1v) is 9.99. The molecule has 6 nitrogen and oxygen atoms in total. The molecule has 0 aliphatic rings. The summed E-state index contributed by atoms with van der Waals surface area (Å²) >= 11 is 0. The Kier molecular flexibility index (Phi) is 5.59. The minimum absolute atomic E-state index is 0.310. The third kappa shape index (κ3) is 4.09. The van der Waals surface area contributed by atoms with Crippen LogP contribution in [-0.2, 0) is 6.54 Å². The normalized spacial score (nSPS) is 11.2. The van der Waals surface area contributed by atoms with Gasteiger partial charge in [0.15, 0.2) is 17.3 Å². The third-order valence-corrected chi connectivity index (χ3v) is 5.05. The van der Waals surface area contributed by atoms with Gasteiger partial charge in [0.25, 0.3) is 0 Å². The summed E-state index contributed by atoms with van der Waals surface area (Å²) in [7, 11) is 1.93. The SMILES string of the molecule is CNCc1ccc(-c2cc(-c3nc(-c4ccc(C(C)C)cc4)cnc3N)on2)cc1. The number of nitrogens with one attached hydrogen (secondary N) is 1. The van der Waals surface area contributed by atoms with E-state index >= 15 is 0 Å². The minimum Gasteiger partial charge on any atom is -0.382 e. The van der Waals surface area contributed by atoms with Crippen molar-refractivity contribution in [2.24, 2.45) is 0 Å². The summed E-state index contributed by atoms with van der Waals surface area (Å²) in [6.45, 7) is 5.17. The van der Waals surface area contributed by atoms with E-state index in [1.807, 2.05) is 25.2 Å². The lowest BCUT2D eigenvalue weighted by Gasteiger charge is -2.08. The van der Waals surface area contributed by atoms with Gasteiger partial charge in [-0.3, -0.25) is 0 Å². The first-order chi connectivity index (χ1) is 14.5. The number of rotatable bonds is 6. The van der Waals surface area contributed by atoms with E-state index in [9.17, 15) is 0 Å². The fourth-order valence-electron chi connectivity index (χ4n) is 3.28. The first-order valence-electron chi connectivity index (χ1n) is 9.99. The van der Waals surface area contributed by atoms with Crippen LogP contribution >= 0.6 is 0 Å². The second kappa shape index (κ2) is 8.47. The molecule has 152 valence electrons. The van der Waals surface area contributed by atoms with E-state index in [2.05, 4.69) is 65.7 Å². The van der Waals surface area contributed by atoms with Crippen molar-refractivity contribution >= 4 is 5.82 Å². The van der Waals surface area contributed by atoms with E-state index in [-0.39, 0.29) is 0 Å². The molecule has 30 heavy (non-hydrogen) atoms. The van der Waals surface area contributed by atoms with Gasteiger partial charge in [-0.25, -0.2) is 9.97 Å². The number of benzene rings is 2. The molecular weight excluding hydrogens is 374 g/mol. The van der Waals surface area contributed by atoms with Crippen LogP contribution in [0.15, 0.2) is 65.3 Å². The summed E-state index contributed by atoms with van der Waals surface area (Å²) in [5.41, 5.74) is 12.5. The Morgan fingerprint density at radius 3 is 2.30 bits per heavy atom. The van der Waals surface area contributed by atoms with Crippen molar-refractivity contribution in [1.82, 2.24) is 20.4 Å². The zero-order valence-corrected chi connectivity index (χ0v) is 17.4. The topological polar surface area (TPSA) is 89.9 Å². The fraction of sp³-hybridized carbons (Fsp3) is 0.208. The molecule has 0 fully saturated rings. The van der Waals surface area contributed by atoms with E-state index in [1.54, 1.807) is 6.20 Å². The number of anilines is 1. The summed E-state index contributed by atoms with van der Waals surface area (Å²) in [6, 6.07) is 18.4. The molecule has 0 unspecified atom stereocenters. The zero-order valence-electron chi connectivity index (χ0n) is 17.4. The second-order valence-corrected chi connectivity index (χ2v) is 7.57. The highest BCUT2D eigenvalue weighted by molar-refractivity contribution is 5.73. The van der Waals surface area contributed by atoms with Gasteiger partial charge in [0.2, 0.25) is 0 Å². The maximum Gasteiger partial charge on any atom is 0.189 e. The van der Waals surface area contributed by atoms with Crippen LogP contribution in [0.2, 0.25) is 0 Å². The van der Waals surface area contributed by atoms with Crippen LogP contribution in [-0.4, -0.2) is 22.2 Å². The summed E-state index contributed by atoms with van der Waals surface area (Å²) in [5, 5.41) is 7.34. The van der Waals surface area contributed by atoms with Crippen molar-refractivity contribution in [3.05, 3.63) is 71.9 Å². The number of hydrogen-bond acceptors (Lipinski definition) is 6. The second-order valence-electron chi connectivity index (χ2n) is 7.57. The van der Waals surface area contributed by atoms with Crippen LogP contribution < -0.4 is 11.1 Å². The molecule has 0 radical (unpaired) electrons. The molecule has 2 aromatic heterocycles. The maximum atomic E-state index is 6.10. The van der Waals surface area contributed by atoms with Crippen LogP contribution in [0.1, 0.15) is 30.9 Å². The molecule has 0 saturated heterocycles. The lowest BCUT2D eigenvalue weighted by molar-refractivity contribution is 0.434. The molecule has 0 aliphatic heterocycles. The average Bonchev–Trinajstić information content (AvgIpc) is 3.25. The van der Waals surface area contributed by atoms with Crippen LogP contribution in [0, 0.1) is 0 Å². The molecule has 3 N–H and O–H groups in total. The number of nitrogen functional groups attached to an aromatic ring is 1. The molecule has 4 rings (SSSR count). The predicted molar refractivity (Wildman–Crippen MR) is 120 cm³/mol. The van der Waals surface area contributed by atoms with E-state index in [0.717, 1.165) is 29.1 Å². The Bertz CT molecular complexity index is 1130. The minimum atomic E-state index is 0.310. The van der Waals surface area contributed by atoms with Crippen LogP contribution in [0.4, 0.5) is 5.82 Å². The van der Waals surface area contributed by atoms with Crippen LogP contribution in [0.25, 0.3) is 34.0 Å². The van der Waals surface area contributed by atoms with Gasteiger partial charge in [-0.1, -0.05) is 67.5 Å². The van der Waals surface area contributed by atoms with Crippen molar-refractivity contribution in [3.8, 4) is 34.0 Å². The molecule has 0 atom stereocenters. The molecule has 0 bridgehead atoms. The molecule has 0 aliphatic carbocycles. The highest BCUT2D eigenvalue weighted by Crippen LogP contribution is 2.30. The van der Waals surface area contributed by atoms with Gasteiger partial charge in [0.05, 0.1) is 11.9 Å². The molecule has 4 aromatic rings. The van der Waals surface area contributed by atoms with E-state index in [0.29, 0.717) is 23.2 Å². The average molecular weight is 399 g/mol. The number of nitrogens with two attached hydrogens (primary N) is 1. The lowest BCUT2D eigenvalue weighted by atomic mass is 10.0. The van der Waals surface area contributed by atoms with E-state index < -0.39 is 0 Å². The van der Waals surface area contributed by atoms with E-state index in [4.69, 9.17) is 15.2 Å². The van der Waals surface area contributed by atoms with Crippen LogP contribution in [0.3, 0.4) is 0 Å². The summed E-state index contributed by atoms with van der Waals surface area (Å²) < 4.78 is 5.56. The first kappa shape index (κ1) is 19.8. The highest BCUT2D eigenvalue weighted by atomic mass is 16.5. The monoisotopic (exact) mass is 399 g/mol. The van der Waals surface area contributed by atoms with E-state index in [1.165, 1.54) is 11.1 Å². The number of aromatic nitrogens is 3. The quantitative estimate of drug-likeness (QED) is 0.480. The van der Waals surface area contributed by atoms with Crippen molar-refractivity contribution in [2.75, 3.05) is 12.8 Å². The number of hydrogen-bond donors (Lipinski definition) is 2. The van der Waals surface area contributed by atoms with Crippen molar-refractivity contribution in [1.29, 1.82) is 0 Å². The Balaban J connectivity index is 1.63. The van der Waals surface area contributed by atoms with Gasteiger partial charge in [-0.15, -0.1) is 0 Å². The van der Waals surface area contributed by atoms with Gasteiger partial charge in [0.1, 0.15) is 5.69 Å². The smallest absolute Gasteiger partial charge is 0.189 e. The molecule has 6 heteroatoms. The van der Waals surface area contributed by atoms with Gasteiger partial charge in [0, 0.05) is 23.7 Å². The predicted octanol–water partition coefficient (Wildman–Crippen LogP) is 4.89. The van der Waals surface area contributed by atoms with Crippen molar-refractivity contribution in [2.45, 2.75) is 26.3 Å². The Morgan fingerprint density at radius 1 is 0.967 bits per heavy atom. The maximum absolute atomic E-state index is 6.10. The standard InChI is InChI=1S/C24H25N5O/c1-15(2)17-8-10-19(11-9-17)21-14-27-24(25)23(28-21)22-12-20(29-30-22)18-6-4-16(5-7-18)13-26-3/h4-12,14-15,26H,13H2,1-3H3,(H2,25,27). The molecule has 0 spiro atoms. The molecule has 0 saturated carbocycles. The molecule has 0 amide bonds. The van der Waals surface area contributed by atoms with Crippen molar-refractivity contribution < 1.29 is 4.52 Å². The van der Waals surface area contributed by atoms with Gasteiger partial charge in [-0.2, -0.15) is 0 Å².